The fourth-order valence-corrected chi connectivity index (χ4v) is 1.77. The number of nitrogen functional groups attached to an aromatic ring is 1. The smallest absolute Gasteiger partial charge is 0.0481 e. The van der Waals surface area contributed by atoms with Gasteiger partial charge in [-0.15, -0.1) is 0 Å². The zero-order valence-corrected chi connectivity index (χ0v) is 8.85. The fourth-order valence-electron chi connectivity index (χ4n) is 1.77. The average molecular weight is 204 g/mol. The molecule has 15 heavy (non-hydrogen) atoms. The zero-order valence-electron chi connectivity index (χ0n) is 8.85. The molecule has 2 aromatic rings. The minimum absolute atomic E-state index is 0.217. The van der Waals surface area contributed by atoms with Gasteiger partial charge >= 0.3 is 0 Å². The van der Waals surface area contributed by atoms with E-state index in [0.29, 0.717) is 0 Å². The molecule has 1 aromatic carbocycles. The van der Waals surface area contributed by atoms with E-state index < -0.39 is 0 Å². The van der Waals surface area contributed by atoms with Crippen molar-refractivity contribution in [1.29, 1.82) is 0 Å². The molecule has 1 atom stereocenters. The number of rotatable bonds is 3. The van der Waals surface area contributed by atoms with Crippen LogP contribution in [0.1, 0.15) is 6.92 Å². The normalized spacial score (nSPS) is 13.2. The van der Waals surface area contributed by atoms with Crippen LogP contribution in [0.4, 0.5) is 5.69 Å². The zero-order chi connectivity index (χ0) is 10.8. The summed E-state index contributed by atoms with van der Waals surface area (Å²) < 4.78 is 2.15. The predicted molar refractivity (Wildman–Crippen MR) is 62.6 cm³/mol. The average Bonchev–Trinajstić information content (AvgIpc) is 2.60. The molecule has 1 unspecified atom stereocenters. The van der Waals surface area contributed by atoms with Gasteiger partial charge in [0.15, 0.2) is 0 Å². The van der Waals surface area contributed by atoms with E-state index in [1.54, 1.807) is 0 Å². The number of aliphatic hydroxyl groups excluding tert-OH is 1. The molecule has 3 nitrogen and oxygen atoms in total. The lowest BCUT2D eigenvalue weighted by atomic mass is 10.2. The molecule has 0 saturated carbocycles. The van der Waals surface area contributed by atoms with Gasteiger partial charge in [0.1, 0.15) is 0 Å². The summed E-state index contributed by atoms with van der Waals surface area (Å²) in [6.45, 7) is 3.09. The van der Waals surface area contributed by atoms with Gasteiger partial charge in [0.25, 0.3) is 0 Å². The fraction of sp³-hybridized carbons (Fsp3) is 0.333. The Morgan fingerprint density at radius 2 is 2.20 bits per heavy atom. The van der Waals surface area contributed by atoms with Gasteiger partial charge in [0.05, 0.1) is 0 Å². The summed E-state index contributed by atoms with van der Waals surface area (Å²) in [7, 11) is 0. The molecule has 0 saturated heterocycles. The Kier molecular flexibility index (Phi) is 2.64. The Hall–Kier alpha value is -1.48. The molecular formula is C12H16N2O. The standard InChI is InChI=1S/C12H16N2O/c1-9(8-15)7-14-5-4-10-6-11(13)2-3-12(10)14/h2-6,9,15H,7-8,13H2,1H3. The van der Waals surface area contributed by atoms with Crippen LogP contribution in [0.2, 0.25) is 0 Å². The third-order valence-electron chi connectivity index (χ3n) is 2.62. The molecule has 0 aliphatic rings. The lowest BCUT2D eigenvalue weighted by Gasteiger charge is -2.10. The summed E-state index contributed by atoms with van der Waals surface area (Å²) in [5, 5.41) is 10.2. The van der Waals surface area contributed by atoms with Gasteiger partial charge in [0, 0.05) is 35.9 Å². The largest absolute Gasteiger partial charge is 0.399 e. The van der Waals surface area contributed by atoms with Crippen molar-refractivity contribution in [3.05, 3.63) is 30.5 Å². The van der Waals surface area contributed by atoms with Crippen LogP contribution in [0, 0.1) is 5.92 Å². The number of benzene rings is 1. The van der Waals surface area contributed by atoms with Gasteiger partial charge < -0.3 is 15.4 Å². The molecule has 1 aromatic heterocycles. The third kappa shape index (κ3) is 1.97. The van der Waals surface area contributed by atoms with Crippen molar-refractivity contribution in [1.82, 2.24) is 4.57 Å². The van der Waals surface area contributed by atoms with Crippen molar-refractivity contribution in [2.24, 2.45) is 5.92 Å². The topological polar surface area (TPSA) is 51.2 Å². The highest BCUT2D eigenvalue weighted by Gasteiger charge is 2.05. The highest BCUT2D eigenvalue weighted by molar-refractivity contribution is 5.83. The summed E-state index contributed by atoms with van der Waals surface area (Å²) in [4.78, 5) is 0. The number of aliphatic hydroxyl groups is 1. The molecule has 3 heteroatoms. The SMILES string of the molecule is CC(CO)Cn1ccc2cc(N)ccc21. The molecule has 0 radical (unpaired) electrons. The maximum Gasteiger partial charge on any atom is 0.0481 e. The predicted octanol–water partition coefficient (Wildman–Crippen LogP) is 1.85. The first kappa shape index (κ1) is 10.1. The molecule has 0 aliphatic carbocycles. The van der Waals surface area contributed by atoms with Crippen LogP contribution in [0.15, 0.2) is 30.5 Å². The van der Waals surface area contributed by atoms with Crippen LogP contribution in [-0.4, -0.2) is 16.3 Å². The molecular weight excluding hydrogens is 188 g/mol. The van der Waals surface area contributed by atoms with Crippen LogP contribution >= 0.6 is 0 Å². The first-order valence-corrected chi connectivity index (χ1v) is 5.16. The van der Waals surface area contributed by atoms with E-state index in [-0.39, 0.29) is 12.5 Å². The van der Waals surface area contributed by atoms with E-state index in [2.05, 4.69) is 10.6 Å². The lowest BCUT2D eigenvalue weighted by molar-refractivity contribution is 0.224. The van der Waals surface area contributed by atoms with Gasteiger partial charge in [-0.3, -0.25) is 0 Å². The maximum atomic E-state index is 9.02. The van der Waals surface area contributed by atoms with E-state index in [0.717, 1.165) is 17.6 Å². The molecule has 0 fully saturated rings. The molecule has 0 spiro atoms. The number of aromatic nitrogens is 1. The summed E-state index contributed by atoms with van der Waals surface area (Å²) >= 11 is 0. The number of nitrogens with two attached hydrogens (primary N) is 1. The van der Waals surface area contributed by atoms with Crippen LogP contribution < -0.4 is 5.73 Å². The van der Waals surface area contributed by atoms with Gasteiger partial charge in [-0.05, 0) is 30.2 Å². The molecule has 80 valence electrons. The monoisotopic (exact) mass is 204 g/mol. The first-order chi connectivity index (χ1) is 7.20. The van der Waals surface area contributed by atoms with Gasteiger partial charge in [-0.2, -0.15) is 0 Å². The quantitative estimate of drug-likeness (QED) is 0.750. The van der Waals surface area contributed by atoms with Crippen LogP contribution in [0.3, 0.4) is 0 Å². The molecule has 2 rings (SSSR count). The number of fused-ring (bicyclic) bond motifs is 1. The molecule has 3 N–H and O–H groups in total. The second-order valence-electron chi connectivity index (χ2n) is 4.07. The Balaban J connectivity index is 2.36. The molecule has 0 aliphatic heterocycles. The van der Waals surface area contributed by atoms with E-state index in [4.69, 9.17) is 10.8 Å². The Morgan fingerprint density at radius 1 is 1.40 bits per heavy atom. The number of anilines is 1. The molecule has 1 heterocycles. The summed E-state index contributed by atoms with van der Waals surface area (Å²) in [5.74, 6) is 0.276. The number of hydrogen-bond donors (Lipinski definition) is 2. The summed E-state index contributed by atoms with van der Waals surface area (Å²) in [6, 6.07) is 7.95. The third-order valence-corrected chi connectivity index (χ3v) is 2.62. The first-order valence-electron chi connectivity index (χ1n) is 5.16. The second kappa shape index (κ2) is 3.95. The van der Waals surface area contributed by atoms with Crippen molar-refractivity contribution >= 4 is 16.6 Å². The van der Waals surface area contributed by atoms with E-state index in [1.807, 2.05) is 31.3 Å². The van der Waals surface area contributed by atoms with Crippen molar-refractivity contribution in [3.8, 4) is 0 Å². The summed E-state index contributed by atoms with van der Waals surface area (Å²) in [6.07, 6.45) is 2.04. The minimum Gasteiger partial charge on any atom is -0.399 e. The van der Waals surface area contributed by atoms with Gasteiger partial charge in [0.2, 0.25) is 0 Å². The van der Waals surface area contributed by atoms with E-state index >= 15 is 0 Å². The lowest BCUT2D eigenvalue weighted by Crippen LogP contribution is -2.09. The van der Waals surface area contributed by atoms with E-state index in [9.17, 15) is 0 Å². The van der Waals surface area contributed by atoms with Crippen molar-refractivity contribution in [3.63, 3.8) is 0 Å². The van der Waals surface area contributed by atoms with Gasteiger partial charge in [-0.1, -0.05) is 6.92 Å². The molecule has 0 bridgehead atoms. The van der Waals surface area contributed by atoms with Gasteiger partial charge in [-0.25, -0.2) is 0 Å². The van der Waals surface area contributed by atoms with Crippen molar-refractivity contribution < 1.29 is 5.11 Å². The van der Waals surface area contributed by atoms with Crippen LogP contribution in [-0.2, 0) is 6.54 Å². The maximum absolute atomic E-state index is 9.02. The highest BCUT2D eigenvalue weighted by Crippen LogP contribution is 2.19. The number of hydrogen-bond acceptors (Lipinski definition) is 2. The Labute approximate surface area is 89.1 Å². The van der Waals surface area contributed by atoms with Crippen LogP contribution in [0.5, 0.6) is 0 Å². The minimum atomic E-state index is 0.217. The summed E-state index contributed by atoms with van der Waals surface area (Å²) in [5.41, 5.74) is 7.67. The highest BCUT2D eigenvalue weighted by atomic mass is 16.3. The molecule has 0 amide bonds. The second-order valence-corrected chi connectivity index (χ2v) is 4.07. The van der Waals surface area contributed by atoms with Crippen LogP contribution in [0.25, 0.3) is 10.9 Å². The van der Waals surface area contributed by atoms with E-state index in [1.165, 1.54) is 5.52 Å². The number of nitrogens with zero attached hydrogens (tertiary/aromatic N) is 1. The van der Waals surface area contributed by atoms with Crippen molar-refractivity contribution in [2.45, 2.75) is 13.5 Å². The Morgan fingerprint density at radius 3 is 2.93 bits per heavy atom. The Bertz CT molecular complexity index is 462. The van der Waals surface area contributed by atoms with Crippen molar-refractivity contribution in [2.75, 3.05) is 12.3 Å².